The van der Waals surface area contributed by atoms with Gasteiger partial charge in [-0.1, -0.05) is 18.0 Å². The van der Waals surface area contributed by atoms with Crippen LogP contribution in [-0.2, 0) is 23.0 Å². The fraction of sp³-hybridized carbons (Fsp3) is 0.391. The lowest BCUT2D eigenvalue weighted by molar-refractivity contribution is -0.141. The predicted molar refractivity (Wildman–Crippen MR) is 118 cm³/mol. The van der Waals surface area contributed by atoms with Gasteiger partial charge in [-0.05, 0) is 43.5 Å². The zero-order chi connectivity index (χ0) is 25.8. The molecule has 1 aromatic carbocycles. The molecule has 0 atom stereocenters. The lowest BCUT2D eigenvalue weighted by atomic mass is 9.66. The highest BCUT2D eigenvalue weighted by atomic mass is 35.5. The van der Waals surface area contributed by atoms with Gasteiger partial charge in [0.05, 0.1) is 16.6 Å². The van der Waals surface area contributed by atoms with E-state index >= 15 is 0 Å². The third kappa shape index (κ3) is 6.23. The molecule has 13 heteroatoms. The molecule has 0 saturated heterocycles. The minimum Gasteiger partial charge on any atom is -0.484 e. The summed E-state index contributed by atoms with van der Waals surface area (Å²) in [6.07, 6.45) is -0.434. The van der Waals surface area contributed by atoms with E-state index in [2.05, 4.69) is 20.5 Å². The Labute approximate surface area is 208 Å². The van der Waals surface area contributed by atoms with Crippen LogP contribution in [0.4, 0.5) is 17.6 Å². The van der Waals surface area contributed by atoms with E-state index in [0.717, 1.165) is 43.7 Å². The summed E-state index contributed by atoms with van der Waals surface area (Å²) in [5.74, 6) is -0.0992. The first-order valence-electron chi connectivity index (χ1n) is 11.0. The molecule has 2 heterocycles. The van der Waals surface area contributed by atoms with Crippen molar-refractivity contribution in [3.05, 3.63) is 64.8 Å². The number of halogens is 5. The molecular weight excluding hydrogens is 508 g/mol. The molecule has 0 unspecified atom stereocenters. The van der Waals surface area contributed by atoms with Crippen LogP contribution in [0.1, 0.15) is 43.2 Å². The molecular formula is C23H21ClF4N4O4. The number of amides is 1. The van der Waals surface area contributed by atoms with Crippen molar-refractivity contribution in [3.8, 4) is 11.5 Å². The SMILES string of the molecule is O=C(COc1ccc(Cl)c(F)c1)NCCC1(c2nnc(COc3ccc(C(F)(F)F)nc3)o2)CCC1. The second-order valence-corrected chi connectivity index (χ2v) is 8.67. The summed E-state index contributed by atoms with van der Waals surface area (Å²) in [5, 5.41) is 10.8. The van der Waals surface area contributed by atoms with Crippen LogP contribution in [0.5, 0.6) is 11.5 Å². The second-order valence-electron chi connectivity index (χ2n) is 8.26. The van der Waals surface area contributed by atoms with Gasteiger partial charge in [0.1, 0.15) is 23.0 Å². The Balaban J connectivity index is 1.25. The summed E-state index contributed by atoms with van der Waals surface area (Å²) in [6, 6.07) is 5.90. The molecule has 8 nitrogen and oxygen atoms in total. The highest BCUT2D eigenvalue weighted by Gasteiger charge is 2.43. The first-order chi connectivity index (χ1) is 17.1. The average molecular weight is 529 g/mol. The van der Waals surface area contributed by atoms with Gasteiger partial charge in [0.25, 0.3) is 11.8 Å². The Morgan fingerprint density at radius 3 is 2.56 bits per heavy atom. The number of carbonyl (C=O) groups excluding carboxylic acids is 1. The lowest BCUT2D eigenvalue weighted by Gasteiger charge is -2.38. The van der Waals surface area contributed by atoms with E-state index in [0.29, 0.717) is 18.9 Å². The average Bonchev–Trinajstić information content (AvgIpc) is 3.29. The van der Waals surface area contributed by atoms with Gasteiger partial charge >= 0.3 is 6.18 Å². The minimum atomic E-state index is -4.53. The summed E-state index contributed by atoms with van der Waals surface area (Å²) in [6.45, 7) is -0.0764. The van der Waals surface area contributed by atoms with Gasteiger partial charge in [0.15, 0.2) is 13.2 Å². The van der Waals surface area contributed by atoms with Crippen LogP contribution in [0.15, 0.2) is 40.9 Å². The van der Waals surface area contributed by atoms with E-state index in [-0.39, 0.29) is 46.9 Å². The number of aromatic nitrogens is 3. The van der Waals surface area contributed by atoms with E-state index < -0.39 is 17.7 Å². The highest BCUT2D eigenvalue weighted by Crippen LogP contribution is 2.45. The van der Waals surface area contributed by atoms with Gasteiger partial charge in [-0.2, -0.15) is 13.2 Å². The summed E-state index contributed by atoms with van der Waals surface area (Å²) < 4.78 is 67.7. The second kappa shape index (κ2) is 10.7. The van der Waals surface area contributed by atoms with Crippen molar-refractivity contribution in [2.24, 2.45) is 0 Å². The standard InChI is InChI=1S/C23H21ClF4N4O4/c24-16-4-2-14(10-17(16)25)34-12-19(33)29-9-8-22(6-1-7-22)21-32-31-20(36-21)13-35-15-3-5-18(30-11-15)23(26,27)28/h2-5,10-11H,1,6-9,12-13H2,(H,29,33). The van der Waals surface area contributed by atoms with Crippen molar-refractivity contribution in [1.82, 2.24) is 20.5 Å². The number of alkyl halides is 3. The van der Waals surface area contributed by atoms with Gasteiger partial charge in [0, 0.05) is 12.6 Å². The van der Waals surface area contributed by atoms with Crippen molar-refractivity contribution in [2.45, 2.75) is 43.9 Å². The molecule has 1 N–H and O–H groups in total. The Bertz CT molecular complexity index is 1200. The van der Waals surface area contributed by atoms with Crippen LogP contribution in [-0.4, -0.2) is 34.2 Å². The Kier molecular flexibility index (Phi) is 7.62. The zero-order valence-electron chi connectivity index (χ0n) is 18.8. The Morgan fingerprint density at radius 2 is 1.92 bits per heavy atom. The maximum absolute atomic E-state index is 13.5. The third-order valence-corrected chi connectivity index (χ3v) is 6.11. The van der Waals surface area contributed by atoms with Crippen molar-refractivity contribution >= 4 is 17.5 Å². The molecule has 1 aliphatic carbocycles. The monoisotopic (exact) mass is 528 g/mol. The normalized spacial score (nSPS) is 14.7. The first-order valence-corrected chi connectivity index (χ1v) is 11.4. The number of nitrogens with zero attached hydrogens (tertiary/aromatic N) is 3. The summed E-state index contributed by atoms with van der Waals surface area (Å²) in [7, 11) is 0. The molecule has 192 valence electrons. The van der Waals surface area contributed by atoms with Crippen molar-refractivity contribution in [2.75, 3.05) is 13.2 Å². The number of carbonyl (C=O) groups is 1. The molecule has 0 bridgehead atoms. The number of ether oxygens (including phenoxy) is 2. The molecule has 0 radical (unpaired) electrons. The van der Waals surface area contributed by atoms with Crippen LogP contribution in [0.25, 0.3) is 0 Å². The molecule has 4 rings (SSSR count). The summed E-state index contributed by atoms with van der Waals surface area (Å²) in [4.78, 5) is 15.4. The fourth-order valence-corrected chi connectivity index (χ4v) is 3.80. The Morgan fingerprint density at radius 1 is 1.14 bits per heavy atom. The predicted octanol–water partition coefficient (Wildman–Crippen LogP) is 4.86. The molecule has 1 fully saturated rings. The van der Waals surface area contributed by atoms with Crippen LogP contribution < -0.4 is 14.8 Å². The van der Waals surface area contributed by atoms with E-state index in [1.54, 1.807) is 0 Å². The number of hydrogen-bond donors (Lipinski definition) is 1. The van der Waals surface area contributed by atoms with Gasteiger partial charge in [0.2, 0.25) is 5.89 Å². The van der Waals surface area contributed by atoms with Gasteiger partial charge in [-0.25, -0.2) is 9.37 Å². The van der Waals surface area contributed by atoms with E-state index in [4.69, 9.17) is 25.5 Å². The molecule has 0 aliphatic heterocycles. The van der Waals surface area contributed by atoms with Crippen LogP contribution >= 0.6 is 11.6 Å². The van der Waals surface area contributed by atoms with E-state index in [1.165, 1.54) is 12.1 Å². The summed E-state index contributed by atoms with van der Waals surface area (Å²) >= 11 is 5.62. The summed E-state index contributed by atoms with van der Waals surface area (Å²) in [5.41, 5.74) is -1.39. The molecule has 1 amide bonds. The number of pyridine rings is 1. The maximum atomic E-state index is 13.5. The van der Waals surface area contributed by atoms with Crippen LogP contribution in [0.2, 0.25) is 5.02 Å². The molecule has 2 aromatic heterocycles. The molecule has 1 aliphatic rings. The van der Waals surface area contributed by atoms with Crippen molar-refractivity contribution in [1.29, 1.82) is 0 Å². The first kappa shape index (κ1) is 25.7. The smallest absolute Gasteiger partial charge is 0.433 e. The molecule has 3 aromatic rings. The molecule has 0 spiro atoms. The largest absolute Gasteiger partial charge is 0.484 e. The van der Waals surface area contributed by atoms with Crippen LogP contribution in [0, 0.1) is 5.82 Å². The van der Waals surface area contributed by atoms with Crippen LogP contribution in [0.3, 0.4) is 0 Å². The number of hydrogen-bond acceptors (Lipinski definition) is 7. The van der Waals surface area contributed by atoms with E-state index in [9.17, 15) is 22.4 Å². The number of nitrogens with one attached hydrogen (secondary N) is 1. The lowest BCUT2D eigenvalue weighted by Crippen LogP contribution is -2.39. The topological polar surface area (TPSA) is 99.4 Å². The maximum Gasteiger partial charge on any atom is 0.433 e. The zero-order valence-corrected chi connectivity index (χ0v) is 19.5. The number of rotatable bonds is 10. The van der Waals surface area contributed by atoms with Gasteiger partial charge in [-0.15, -0.1) is 10.2 Å². The van der Waals surface area contributed by atoms with E-state index in [1.807, 2.05) is 0 Å². The molecule has 36 heavy (non-hydrogen) atoms. The van der Waals surface area contributed by atoms with Gasteiger partial charge in [-0.3, -0.25) is 4.79 Å². The minimum absolute atomic E-state index is 0.0371. The highest BCUT2D eigenvalue weighted by molar-refractivity contribution is 6.30. The quantitative estimate of drug-likeness (QED) is 0.375. The van der Waals surface area contributed by atoms with Crippen molar-refractivity contribution < 1.29 is 36.2 Å². The van der Waals surface area contributed by atoms with Crippen molar-refractivity contribution in [3.63, 3.8) is 0 Å². The third-order valence-electron chi connectivity index (χ3n) is 5.81. The number of benzene rings is 1. The Hall–Kier alpha value is -3.41. The van der Waals surface area contributed by atoms with Gasteiger partial charge < -0.3 is 19.2 Å². The fourth-order valence-electron chi connectivity index (χ4n) is 3.69. The molecule has 1 saturated carbocycles.